The van der Waals surface area contributed by atoms with Gasteiger partial charge in [-0.2, -0.15) is 0 Å². The molecule has 1 fully saturated rings. The summed E-state index contributed by atoms with van der Waals surface area (Å²) in [5, 5.41) is 13.6. The molecule has 1 saturated carbocycles. The minimum Gasteiger partial charge on any atom is -0.351 e. The molecule has 2 heterocycles. The number of amides is 2. The molecule has 2 aromatic carbocycles. The highest BCUT2D eigenvalue weighted by atomic mass is 32.1. The predicted molar refractivity (Wildman–Crippen MR) is 137 cm³/mol. The molecule has 7 nitrogen and oxygen atoms in total. The average molecular weight is 488 g/mol. The van der Waals surface area contributed by atoms with Crippen LogP contribution in [0.2, 0.25) is 0 Å². The number of aromatic nitrogens is 3. The first-order chi connectivity index (χ1) is 17.2. The van der Waals surface area contributed by atoms with E-state index in [1.807, 2.05) is 72.1 Å². The van der Waals surface area contributed by atoms with Crippen LogP contribution < -0.4 is 5.32 Å². The number of nitrogens with one attached hydrogen (secondary N) is 1. The van der Waals surface area contributed by atoms with Crippen LogP contribution in [0.4, 0.5) is 0 Å². The van der Waals surface area contributed by atoms with Gasteiger partial charge in [-0.25, -0.2) is 4.68 Å². The molecule has 0 aliphatic heterocycles. The number of hydrogen-bond donors (Lipinski definition) is 1. The molecule has 0 spiro atoms. The number of para-hydroxylation sites is 1. The van der Waals surface area contributed by atoms with E-state index >= 15 is 0 Å². The van der Waals surface area contributed by atoms with E-state index in [-0.39, 0.29) is 24.4 Å². The molecule has 180 valence electrons. The Kier molecular flexibility index (Phi) is 7.18. The van der Waals surface area contributed by atoms with Crippen LogP contribution >= 0.6 is 11.3 Å². The Morgan fingerprint density at radius 2 is 1.77 bits per heavy atom. The van der Waals surface area contributed by atoms with Crippen molar-refractivity contribution in [1.29, 1.82) is 0 Å². The van der Waals surface area contributed by atoms with Gasteiger partial charge in [-0.15, -0.1) is 16.4 Å². The Bertz CT molecular complexity index is 1270. The molecule has 0 radical (unpaired) electrons. The van der Waals surface area contributed by atoms with Crippen LogP contribution in [0.25, 0.3) is 11.0 Å². The van der Waals surface area contributed by atoms with Crippen LogP contribution in [-0.2, 0) is 22.7 Å². The first kappa shape index (κ1) is 23.2. The highest BCUT2D eigenvalue weighted by Gasteiger charge is 2.34. The van der Waals surface area contributed by atoms with Crippen molar-refractivity contribution >= 4 is 34.2 Å². The van der Waals surface area contributed by atoms with Crippen LogP contribution in [0.1, 0.15) is 48.6 Å². The molecular weight excluding hydrogens is 458 g/mol. The van der Waals surface area contributed by atoms with E-state index in [9.17, 15) is 9.59 Å². The Morgan fingerprint density at radius 3 is 2.54 bits per heavy atom. The van der Waals surface area contributed by atoms with E-state index in [2.05, 4.69) is 15.6 Å². The Hall–Kier alpha value is -3.52. The number of benzene rings is 2. The zero-order chi connectivity index (χ0) is 24.0. The van der Waals surface area contributed by atoms with E-state index in [0.29, 0.717) is 6.54 Å². The number of rotatable bonds is 8. The summed E-state index contributed by atoms with van der Waals surface area (Å²) >= 11 is 1.50. The summed E-state index contributed by atoms with van der Waals surface area (Å²) in [6, 6.07) is 20.7. The fourth-order valence-electron chi connectivity index (χ4n) is 4.75. The first-order valence-corrected chi connectivity index (χ1v) is 13.0. The molecule has 1 aliphatic rings. The number of nitrogens with zero attached hydrogens (tertiary/aromatic N) is 4. The second-order valence-corrected chi connectivity index (χ2v) is 9.98. The lowest BCUT2D eigenvalue weighted by atomic mass is 9.95. The third-order valence-corrected chi connectivity index (χ3v) is 7.47. The second-order valence-electron chi connectivity index (χ2n) is 9.00. The monoisotopic (exact) mass is 487 g/mol. The predicted octanol–water partition coefficient (Wildman–Crippen LogP) is 4.71. The first-order valence-electron chi connectivity index (χ1n) is 12.1. The van der Waals surface area contributed by atoms with Crippen LogP contribution in [0.3, 0.4) is 0 Å². The number of carbonyl (C=O) groups is 2. The third-order valence-electron chi connectivity index (χ3n) is 6.55. The van der Waals surface area contributed by atoms with Crippen LogP contribution in [-0.4, -0.2) is 37.7 Å². The fraction of sp³-hybridized carbons (Fsp3) is 0.333. The van der Waals surface area contributed by atoms with Crippen molar-refractivity contribution in [3.05, 3.63) is 82.6 Å². The molecule has 0 unspecified atom stereocenters. The molecule has 4 aromatic rings. The van der Waals surface area contributed by atoms with E-state index < -0.39 is 6.04 Å². The smallest absolute Gasteiger partial charge is 0.248 e. The fourth-order valence-corrected chi connectivity index (χ4v) is 5.59. The molecule has 5 rings (SSSR count). The van der Waals surface area contributed by atoms with Crippen LogP contribution in [0, 0.1) is 0 Å². The van der Waals surface area contributed by atoms with E-state index in [4.69, 9.17) is 0 Å². The van der Waals surface area contributed by atoms with Crippen molar-refractivity contribution in [2.45, 2.75) is 57.3 Å². The lowest BCUT2D eigenvalue weighted by molar-refractivity contribution is -0.142. The summed E-state index contributed by atoms with van der Waals surface area (Å²) in [5.41, 5.74) is 2.50. The van der Waals surface area contributed by atoms with Gasteiger partial charge in [-0.3, -0.25) is 9.59 Å². The van der Waals surface area contributed by atoms with Gasteiger partial charge < -0.3 is 10.2 Å². The van der Waals surface area contributed by atoms with Crippen molar-refractivity contribution < 1.29 is 9.59 Å². The number of carbonyl (C=O) groups excluding carboxylic acids is 2. The summed E-state index contributed by atoms with van der Waals surface area (Å²) in [5.74, 6) is -0.297. The van der Waals surface area contributed by atoms with Gasteiger partial charge in [0.15, 0.2) is 0 Å². The number of hydrogen-bond acceptors (Lipinski definition) is 5. The molecule has 0 saturated heterocycles. The minimum atomic E-state index is -0.709. The topological polar surface area (TPSA) is 80.1 Å². The molecule has 35 heavy (non-hydrogen) atoms. The summed E-state index contributed by atoms with van der Waals surface area (Å²) in [4.78, 5) is 30.1. The Morgan fingerprint density at radius 1 is 1.00 bits per heavy atom. The molecule has 1 N–H and O–H groups in total. The minimum absolute atomic E-state index is 0.00588. The third kappa shape index (κ3) is 5.43. The van der Waals surface area contributed by atoms with Crippen LogP contribution in [0.15, 0.2) is 72.1 Å². The summed E-state index contributed by atoms with van der Waals surface area (Å²) < 4.78 is 1.61. The molecule has 2 amide bonds. The van der Waals surface area contributed by atoms with Crippen LogP contribution in [0.5, 0.6) is 0 Å². The number of fused-ring (bicyclic) bond motifs is 1. The SMILES string of the molecule is O=C(NC1CCCCC1)[C@H](c1cccs1)N(Cc1ccccc1)C(=O)Cn1nnc2ccccc21. The molecule has 0 bridgehead atoms. The van der Waals surface area contributed by atoms with E-state index in [0.717, 1.165) is 47.2 Å². The molecule has 2 aromatic heterocycles. The van der Waals surface area contributed by atoms with Gasteiger partial charge in [0.25, 0.3) is 0 Å². The van der Waals surface area contributed by atoms with Crippen molar-refractivity contribution in [2.24, 2.45) is 0 Å². The van der Waals surface area contributed by atoms with E-state index in [1.165, 1.54) is 17.8 Å². The summed E-state index contributed by atoms with van der Waals surface area (Å²) in [6.45, 7) is 0.332. The normalized spacial score (nSPS) is 15.1. The maximum atomic E-state index is 13.9. The van der Waals surface area contributed by atoms with Crippen molar-refractivity contribution in [2.75, 3.05) is 0 Å². The van der Waals surface area contributed by atoms with Gasteiger partial charge in [0.1, 0.15) is 18.1 Å². The quantitative estimate of drug-likeness (QED) is 0.390. The molecule has 1 aliphatic carbocycles. The largest absolute Gasteiger partial charge is 0.351 e. The summed E-state index contributed by atoms with van der Waals surface area (Å²) in [7, 11) is 0. The lowest BCUT2D eigenvalue weighted by Gasteiger charge is -2.32. The van der Waals surface area contributed by atoms with Gasteiger partial charge in [0, 0.05) is 17.5 Å². The number of thiophene rings is 1. The van der Waals surface area contributed by atoms with Gasteiger partial charge >= 0.3 is 0 Å². The molecular formula is C27H29N5O2S. The van der Waals surface area contributed by atoms with Crippen molar-refractivity contribution in [3.63, 3.8) is 0 Å². The maximum Gasteiger partial charge on any atom is 0.248 e. The maximum absolute atomic E-state index is 13.9. The highest BCUT2D eigenvalue weighted by molar-refractivity contribution is 7.10. The zero-order valence-corrected chi connectivity index (χ0v) is 20.4. The van der Waals surface area contributed by atoms with Crippen molar-refractivity contribution in [3.8, 4) is 0 Å². The molecule has 1 atom stereocenters. The molecule has 8 heteroatoms. The van der Waals surface area contributed by atoms with Crippen molar-refractivity contribution in [1.82, 2.24) is 25.2 Å². The Balaban J connectivity index is 1.47. The standard InChI is InChI=1S/C27H29N5O2S/c33-25(19-32-23-15-8-7-14-22(23)29-30-32)31(18-20-10-3-1-4-11-20)26(24-16-9-17-35-24)27(34)28-21-12-5-2-6-13-21/h1,3-4,7-11,14-17,21,26H,2,5-6,12-13,18-19H2,(H,28,34)/t26-/m0/s1. The average Bonchev–Trinajstić information content (AvgIpc) is 3.56. The summed E-state index contributed by atoms with van der Waals surface area (Å²) in [6.07, 6.45) is 5.44. The highest BCUT2D eigenvalue weighted by Crippen LogP contribution is 2.29. The van der Waals surface area contributed by atoms with Gasteiger partial charge in [0.05, 0.1) is 5.52 Å². The zero-order valence-electron chi connectivity index (χ0n) is 19.5. The van der Waals surface area contributed by atoms with Gasteiger partial charge in [-0.1, -0.05) is 73.0 Å². The Labute approximate surface area is 208 Å². The van der Waals surface area contributed by atoms with Gasteiger partial charge in [-0.05, 0) is 42.0 Å². The van der Waals surface area contributed by atoms with E-state index in [1.54, 1.807) is 9.58 Å². The second kappa shape index (κ2) is 10.8. The van der Waals surface area contributed by atoms with Gasteiger partial charge in [0.2, 0.25) is 11.8 Å². The lowest BCUT2D eigenvalue weighted by Crippen LogP contribution is -2.47.